The van der Waals surface area contributed by atoms with Crippen molar-refractivity contribution in [1.82, 2.24) is 20.5 Å². The Labute approximate surface area is 144 Å². The molecule has 1 aliphatic rings. The van der Waals surface area contributed by atoms with E-state index in [1.807, 2.05) is 0 Å². The highest BCUT2D eigenvalue weighted by Crippen LogP contribution is 2.17. The van der Waals surface area contributed by atoms with Gasteiger partial charge in [0.15, 0.2) is 5.82 Å². The molecule has 1 aromatic heterocycles. The number of amides is 1. The number of H-pyrrole nitrogens is 1. The summed E-state index contributed by atoms with van der Waals surface area (Å²) < 4.78 is 12.9. The molecule has 1 fully saturated rings. The quantitative estimate of drug-likeness (QED) is 0.871. The number of aryl methyl sites for hydroxylation is 1. The number of hydrogen-bond donors (Lipinski definition) is 2. The van der Waals surface area contributed by atoms with E-state index in [1.165, 1.54) is 30.7 Å². The van der Waals surface area contributed by atoms with Crippen LogP contribution in [-0.2, 0) is 11.2 Å². The molecule has 0 bridgehead atoms. The number of aromatic nitrogens is 3. The standard InChI is InChI=1S/C18H21FN4O2/c19-13-8-6-12(7-9-13)17-21-18(25)15(22-23-17)10-11-16(24)20-14-4-2-1-3-5-14/h6-9,14H,1-5,10-11H2,(H,20,24)(H,21,23,25). The SMILES string of the molecule is O=C(CCc1nnc(-c2ccc(F)cc2)[nH]c1=O)NC1CCCCC1. The van der Waals surface area contributed by atoms with Crippen molar-refractivity contribution in [3.05, 3.63) is 46.1 Å². The van der Waals surface area contributed by atoms with E-state index < -0.39 is 0 Å². The van der Waals surface area contributed by atoms with Gasteiger partial charge in [-0.3, -0.25) is 9.59 Å². The number of carbonyl (C=O) groups excluding carboxylic acids is 1. The van der Waals surface area contributed by atoms with Gasteiger partial charge in [0.1, 0.15) is 11.5 Å². The molecule has 1 heterocycles. The van der Waals surface area contributed by atoms with Gasteiger partial charge in [0.05, 0.1) is 0 Å². The molecule has 0 unspecified atom stereocenters. The first kappa shape index (κ1) is 17.3. The van der Waals surface area contributed by atoms with Crippen LogP contribution in [0.5, 0.6) is 0 Å². The van der Waals surface area contributed by atoms with Crippen LogP contribution in [-0.4, -0.2) is 27.1 Å². The Morgan fingerprint density at radius 1 is 1.16 bits per heavy atom. The number of halogens is 1. The summed E-state index contributed by atoms with van der Waals surface area (Å²) in [6.45, 7) is 0. The fourth-order valence-electron chi connectivity index (χ4n) is 3.04. The van der Waals surface area contributed by atoms with Crippen LogP contribution < -0.4 is 10.9 Å². The van der Waals surface area contributed by atoms with Crippen LogP contribution in [0.1, 0.15) is 44.2 Å². The summed E-state index contributed by atoms with van der Waals surface area (Å²) in [7, 11) is 0. The lowest BCUT2D eigenvalue weighted by Gasteiger charge is -2.22. The van der Waals surface area contributed by atoms with Crippen molar-refractivity contribution in [3.8, 4) is 11.4 Å². The average molecular weight is 344 g/mol. The van der Waals surface area contributed by atoms with Gasteiger partial charge >= 0.3 is 0 Å². The molecule has 1 saturated carbocycles. The van der Waals surface area contributed by atoms with Gasteiger partial charge in [-0.2, -0.15) is 0 Å². The first-order valence-corrected chi connectivity index (χ1v) is 8.63. The van der Waals surface area contributed by atoms with E-state index in [0.29, 0.717) is 5.56 Å². The van der Waals surface area contributed by atoms with Crippen molar-refractivity contribution >= 4 is 5.91 Å². The molecular formula is C18H21FN4O2. The molecule has 0 aliphatic heterocycles. The number of rotatable bonds is 5. The molecule has 25 heavy (non-hydrogen) atoms. The molecular weight excluding hydrogens is 323 g/mol. The van der Waals surface area contributed by atoms with Crippen LogP contribution >= 0.6 is 0 Å². The van der Waals surface area contributed by atoms with Gasteiger partial charge in [0.25, 0.3) is 5.56 Å². The maximum Gasteiger partial charge on any atom is 0.273 e. The molecule has 2 aromatic rings. The third-order valence-electron chi connectivity index (χ3n) is 4.44. The van der Waals surface area contributed by atoms with Gasteiger partial charge in [-0.1, -0.05) is 19.3 Å². The minimum atomic E-state index is -0.375. The number of aromatic amines is 1. The molecule has 1 aromatic carbocycles. The molecule has 1 aliphatic carbocycles. The first-order valence-electron chi connectivity index (χ1n) is 8.63. The molecule has 1 amide bonds. The van der Waals surface area contributed by atoms with Crippen LogP contribution in [0.25, 0.3) is 11.4 Å². The zero-order chi connectivity index (χ0) is 17.6. The van der Waals surface area contributed by atoms with Crippen LogP contribution in [0.2, 0.25) is 0 Å². The second kappa shape index (κ2) is 8.00. The number of hydrogen-bond acceptors (Lipinski definition) is 4. The van der Waals surface area contributed by atoms with Gasteiger partial charge in [0, 0.05) is 24.4 Å². The van der Waals surface area contributed by atoms with Gasteiger partial charge < -0.3 is 10.3 Å². The number of carbonyl (C=O) groups is 1. The Balaban J connectivity index is 1.58. The summed E-state index contributed by atoms with van der Waals surface area (Å²) in [5.74, 6) is -0.143. The lowest BCUT2D eigenvalue weighted by atomic mass is 9.95. The molecule has 6 nitrogen and oxygen atoms in total. The summed E-state index contributed by atoms with van der Waals surface area (Å²) in [5, 5.41) is 10.9. The fourth-order valence-corrected chi connectivity index (χ4v) is 3.04. The molecule has 2 N–H and O–H groups in total. The topological polar surface area (TPSA) is 87.7 Å². The Morgan fingerprint density at radius 2 is 1.88 bits per heavy atom. The van der Waals surface area contributed by atoms with E-state index in [4.69, 9.17) is 0 Å². The Hall–Kier alpha value is -2.57. The van der Waals surface area contributed by atoms with E-state index in [1.54, 1.807) is 0 Å². The highest BCUT2D eigenvalue weighted by molar-refractivity contribution is 5.76. The van der Waals surface area contributed by atoms with Crippen molar-refractivity contribution in [2.75, 3.05) is 0 Å². The number of nitrogens with one attached hydrogen (secondary N) is 2. The minimum Gasteiger partial charge on any atom is -0.353 e. The normalized spacial score (nSPS) is 15.1. The lowest BCUT2D eigenvalue weighted by molar-refractivity contribution is -0.122. The smallest absolute Gasteiger partial charge is 0.273 e. The molecule has 7 heteroatoms. The highest BCUT2D eigenvalue weighted by atomic mass is 19.1. The van der Waals surface area contributed by atoms with Gasteiger partial charge in [-0.05, 0) is 37.1 Å². The van der Waals surface area contributed by atoms with Crippen molar-refractivity contribution in [2.24, 2.45) is 0 Å². The van der Waals surface area contributed by atoms with Crippen LogP contribution in [0.15, 0.2) is 29.1 Å². The predicted octanol–water partition coefficient (Wildman–Crippen LogP) is 2.35. The maximum atomic E-state index is 12.9. The van der Waals surface area contributed by atoms with Crippen molar-refractivity contribution < 1.29 is 9.18 Å². The average Bonchev–Trinajstić information content (AvgIpc) is 2.62. The first-order chi connectivity index (χ1) is 12.1. The Bertz CT molecular complexity index is 782. The van der Waals surface area contributed by atoms with Crippen molar-refractivity contribution in [1.29, 1.82) is 0 Å². The second-order valence-electron chi connectivity index (χ2n) is 6.36. The Morgan fingerprint density at radius 3 is 2.56 bits per heavy atom. The van der Waals surface area contributed by atoms with E-state index in [9.17, 15) is 14.0 Å². The lowest BCUT2D eigenvalue weighted by Crippen LogP contribution is -2.36. The Kier molecular flexibility index (Phi) is 5.53. The maximum absolute atomic E-state index is 12.9. The molecule has 0 spiro atoms. The summed E-state index contributed by atoms with van der Waals surface area (Å²) in [6.07, 6.45) is 6.05. The van der Waals surface area contributed by atoms with E-state index in [-0.39, 0.29) is 47.7 Å². The largest absolute Gasteiger partial charge is 0.353 e. The second-order valence-corrected chi connectivity index (χ2v) is 6.36. The zero-order valence-corrected chi connectivity index (χ0v) is 13.9. The minimum absolute atomic E-state index is 0.0595. The van der Waals surface area contributed by atoms with Crippen LogP contribution in [0, 0.1) is 5.82 Å². The third kappa shape index (κ3) is 4.71. The molecule has 0 saturated heterocycles. The van der Waals surface area contributed by atoms with Gasteiger partial charge in [-0.25, -0.2) is 4.39 Å². The number of nitrogens with zero attached hydrogens (tertiary/aromatic N) is 2. The summed E-state index contributed by atoms with van der Waals surface area (Å²) >= 11 is 0. The third-order valence-corrected chi connectivity index (χ3v) is 4.44. The van der Waals surface area contributed by atoms with E-state index in [0.717, 1.165) is 25.7 Å². The van der Waals surface area contributed by atoms with Gasteiger partial charge in [0.2, 0.25) is 5.91 Å². The molecule has 0 radical (unpaired) electrons. The monoisotopic (exact) mass is 344 g/mol. The van der Waals surface area contributed by atoms with Crippen molar-refractivity contribution in [3.63, 3.8) is 0 Å². The summed E-state index contributed by atoms with van der Waals surface area (Å²) in [5.41, 5.74) is 0.428. The zero-order valence-electron chi connectivity index (χ0n) is 13.9. The summed E-state index contributed by atoms with van der Waals surface area (Å²) in [4.78, 5) is 26.8. The number of benzene rings is 1. The molecule has 132 valence electrons. The molecule has 3 rings (SSSR count). The van der Waals surface area contributed by atoms with Crippen molar-refractivity contribution in [2.45, 2.75) is 51.0 Å². The van der Waals surface area contributed by atoms with E-state index in [2.05, 4.69) is 20.5 Å². The van der Waals surface area contributed by atoms with Gasteiger partial charge in [-0.15, -0.1) is 10.2 Å². The van der Waals surface area contributed by atoms with E-state index >= 15 is 0 Å². The predicted molar refractivity (Wildman–Crippen MR) is 91.4 cm³/mol. The summed E-state index contributed by atoms with van der Waals surface area (Å²) in [6, 6.07) is 5.88. The van der Waals surface area contributed by atoms with Crippen LogP contribution in [0.4, 0.5) is 4.39 Å². The fraction of sp³-hybridized carbons (Fsp3) is 0.444. The molecule has 0 atom stereocenters. The van der Waals surface area contributed by atoms with Crippen LogP contribution in [0.3, 0.4) is 0 Å². The highest BCUT2D eigenvalue weighted by Gasteiger charge is 2.16.